The quantitative estimate of drug-likeness (QED) is 0.111. The molecule has 9 nitrogen and oxygen atoms in total. The molecule has 1 heterocycles. The van der Waals surface area contributed by atoms with Gasteiger partial charge in [-0.1, -0.05) is 49.2 Å². The predicted molar refractivity (Wildman–Crippen MR) is 163 cm³/mol. The molecule has 0 unspecified atom stereocenters. The van der Waals surface area contributed by atoms with Crippen LogP contribution in [-0.4, -0.2) is 45.0 Å². The molecule has 1 saturated heterocycles. The van der Waals surface area contributed by atoms with Crippen LogP contribution in [0, 0.1) is 0 Å². The van der Waals surface area contributed by atoms with Crippen molar-refractivity contribution < 1.29 is 39.2 Å². The molecule has 1 amide bonds. The van der Waals surface area contributed by atoms with Crippen molar-refractivity contribution in [2.24, 2.45) is 0 Å². The number of carbonyl (C=O) groups is 3. The Morgan fingerprint density at radius 3 is 2.07 bits per heavy atom. The number of ether oxygens (including phenoxy) is 2. The lowest BCUT2D eigenvalue weighted by Gasteiger charge is -2.36. The molecule has 228 valence electrons. The van der Waals surface area contributed by atoms with Crippen LogP contribution < -0.4 is 5.32 Å². The van der Waals surface area contributed by atoms with E-state index >= 15 is 0 Å². The van der Waals surface area contributed by atoms with Crippen LogP contribution in [0.2, 0.25) is 0 Å². The van der Waals surface area contributed by atoms with Crippen molar-refractivity contribution in [2.75, 3.05) is 11.1 Å². The van der Waals surface area contributed by atoms with E-state index in [9.17, 15) is 19.5 Å². The van der Waals surface area contributed by atoms with Crippen LogP contribution in [0.3, 0.4) is 0 Å². The summed E-state index contributed by atoms with van der Waals surface area (Å²) in [6.45, 7) is -0.0346. The van der Waals surface area contributed by atoms with Crippen LogP contribution in [0.5, 0.6) is 0 Å². The summed E-state index contributed by atoms with van der Waals surface area (Å²) >= 11 is 1.59. The van der Waals surface area contributed by atoms with Gasteiger partial charge in [0.15, 0.2) is 6.29 Å². The highest BCUT2D eigenvalue weighted by Gasteiger charge is 2.32. The second-order valence-electron chi connectivity index (χ2n) is 10.5. The maximum Gasteiger partial charge on any atom is 0.335 e. The lowest BCUT2D eigenvalue weighted by molar-refractivity contribution is -0.245. The highest BCUT2D eigenvalue weighted by molar-refractivity contribution is 7.99. The molecule has 0 saturated carbocycles. The zero-order chi connectivity index (χ0) is 30.6. The Balaban J connectivity index is 1.37. The number of carboxylic acids is 2. The van der Waals surface area contributed by atoms with E-state index in [4.69, 9.17) is 19.7 Å². The van der Waals surface area contributed by atoms with Crippen LogP contribution in [0.4, 0.5) is 5.69 Å². The predicted octanol–water partition coefficient (Wildman–Crippen LogP) is 6.58. The van der Waals surface area contributed by atoms with Crippen molar-refractivity contribution >= 4 is 35.3 Å². The van der Waals surface area contributed by atoms with E-state index < -0.39 is 18.2 Å². The number of aliphatic hydroxyl groups is 1. The van der Waals surface area contributed by atoms with Crippen LogP contribution in [0.25, 0.3) is 0 Å². The highest BCUT2D eigenvalue weighted by Crippen LogP contribution is 2.39. The van der Waals surface area contributed by atoms with Crippen molar-refractivity contribution in [3.8, 4) is 0 Å². The number of amides is 1. The SMILES string of the molecule is O=C(O)CCCCCCC(=O)Nc1ccc([C@H]2O[C@@H](CSc3ccc(C(=O)O)cc3)C[C@@H](c3ccc(CO)cc3)O2)cc1. The smallest absolute Gasteiger partial charge is 0.335 e. The van der Waals surface area contributed by atoms with Crippen LogP contribution >= 0.6 is 11.8 Å². The largest absolute Gasteiger partial charge is 0.481 e. The number of aliphatic carboxylic acids is 1. The van der Waals surface area contributed by atoms with Crippen LogP contribution in [0.15, 0.2) is 77.7 Å². The first-order valence-electron chi connectivity index (χ1n) is 14.4. The maximum absolute atomic E-state index is 12.4. The fraction of sp³-hybridized carbons (Fsp3) is 0.364. The van der Waals surface area contributed by atoms with Gasteiger partial charge in [0.05, 0.1) is 24.4 Å². The minimum absolute atomic E-state index is 0.0346. The fourth-order valence-electron chi connectivity index (χ4n) is 4.77. The molecule has 1 aliphatic rings. The molecule has 10 heteroatoms. The second-order valence-corrected chi connectivity index (χ2v) is 11.6. The van der Waals surface area contributed by atoms with E-state index in [2.05, 4.69) is 5.32 Å². The molecule has 4 rings (SSSR count). The number of unbranched alkanes of at least 4 members (excludes halogenated alkanes) is 3. The summed E-state index contributed by atoms with van der Waals surface area (Å²) in [7, 11) is 0. The van der Waals surface area contributed by atoms with Crippen molar-refractivity contribution in [3.05, 3.63) is 95.1 Å². The number of benzene rings is 3. The number of carboxylic acid groups (broad SMARTS) is 2. The average Bonchev–Trinajstić information content (AvgIpc) is 3.02. The summed E-state index contributed by atoms with van der Waals surface area (Å²) in [6.07, 6.45) is 3.07. The molecule has 0 spiro atoms. The van der Waals surface area contributed by atoms with Gasteiger partial charge in [0.25, 0.3) is 0 Å². The van der Waals surface area contributed by atoms with Gasteiger partial charge in [-0.3, -0.25) is 9.59 Å². The summed E-state index contributed by atoms with van der Waals surface area (Å²) in [5.74, 6) is -1.20. The Morgan fingerprint density at radius 1 is 0.791 bits per heavy atom. The number of thioether (sulfide) groups is 1. The number of hydrogen-bond donors (Lipinski definition) is 4. The first-order chi connectivity index (χ1) is 20.8. The first kappa shape index (κ1) is 32.2. The Hall–Kier alpha value is -3.70. The molecule has 43 heavy (non-hydrogen) atoms. The molecule has 0 bridgehead atoms. The van der Waals surface area contributed by atoms with Crippen molar-refractivity contribution in [1.82, 2.24) is 0 Å². The van der Waals surface area contributed by atoms with Crippen LogP contribution in [0.1, 0.15) is 84.4 Å². The van der Waals surface area contributed by atoms with E-state index in [0.717, 1.165) is 34.4 Å². The number of rotatable bonds is 15. The standard InChI is InChI=1S/C33H37NO8S/c35-20-22-7-9-23(10-8-22)29-19-27(21-43-28-17-13-24(14-18-28)32(39)40)41-33(42-29)25-11-15-26(16-12-25)34-30(36)5-3-1-2-4-6-31(37)38/h7-18,27,29,33,35H,1-6,19-21H2,(H,34,36)(H,37,38)(H,39,40)/t27-,29+,33+/m1/s1. The van der Waals surface area contributed by atoms with E-state index in [1.807, 2.05) is 48.5 Å². The highest BCUT2D eigenvalue weighted by atomic mass is 32.2. The summed E-state index contributed by atoms with van der Waals surface area (Å²) in [5.41, 5.74) is 3.53. The van der Waals surface area contributed by atoms with Gasteiger partial charge in [-0.05, 0) is 60.4 Å². The second kappa shape index (κ2) is 16.2. The molecule has 1 fully saturated rings. The lowest BCUT2D eigenvalue weighted by atomic mass is 10.0. The van der Waals surface area contributed by atoms with Gasteiger partial charge in [0.2, 0.25) is 5.91 Å². The van der Waals surface area contributed by atoms with E-state index in [1.54, 1.807) is 36.0 Å². The topological polar surface area (TPSA) is 142 Å². The number of hydrogen-bond acceptors (Lipinski definition) is 7. The van der Waals surface area contributed by atoms with Gasteiger partial charge in [-0.2, -0.15) is 0 Å². The molecule has 0 aliphatic carbocycles. The Morgan fingerprint density at radius 2 is 1.44 bits per heavy atom. The third-order valence-electron chi connectivity index (χ3n) is 7.16. The minimum Gasteiger partial charge on any atom is -0.481 e. The Bertz CT molecular complexity index is 1340. The van der Waals surface area contributed by atoms with Gasteiger partial charge < -0.3 is 30.1 Å². The molecule has 1 aliphatic heterocycles. The van der Waals surface area contributed by atoms with Gasteiger partial charge in [0.1, 0.15) is 0 Å². The summed E-state index contributed by atoms with van der Waals surface area (Å²) in [5, 5.41) is 30.2. The number of aliphatic hydroxyl groups excluding tert-OH is 1. The van der Waals surface area contributed by atoms with Gasteiger partial charge in [-0.15, -0.1) is 11.8 Å². The zero-order valence-corrected chi connectivity index (χ0v) is 24.6. The third kappa shape index (κ3) is 10.2. The molecule has 3 atom stereocenters. The summed E-state index contributed by atoms with van der Waals surface area (Å²) in [4.78, 5) is 35.1. The van der Waals surface area contributed by atoms with E-state index in [-0.39, 0.29) is 36.7 Å². The van der Waals surface area contributed by atoms with Gasteiger partial charge in [0, 0.05) is 41.2 Å². The molecule has 3 aromatic rings. The number of aromatic carboxylic acids is 1. The first-order valence-corrected chi connectivity index (χ1v) is 15.4. The molecule has 3 aromatic carbocycles. The maximum atomic E-state index is 12.4. The summed E-state index contributed by atoms with van der Waals surface area (Å²) in [6, 6.07) is 21.8. The molecule has 0 aromatic heterocycles. The van der Waals surface area contributed by atoms with Gasteiger partial charge in [-0.25, -0.2) is 4.79 Å². The lowest BCUT2D eigenvalue weighted by Crippen LogP contribution is -2.31. The summed E-state index contributed by atoms with van der Waals surface area (Å²) < 4.78 is 12.8. The minimum atomic E-state index is -0.960. The van der Waals surface area contributed by atoms with Crippen LogP contribution in [-0.2, 0) is 25.7 Å². The molecule has 4 N–H and O–H groups in total. The fourth-order valence-corrected chi connectivity index (χ4v) is 5.69. The van der Waals surface area contributed by atoms with Crippen molar-refractivity contribution in [1.29, 1.82) is 0 Å². The molecular formula is C33H37NO8S. The Labute approximate surface area is 255 Å². The van der Waals surface area contributed by atoms with Crippen molar-refractivity contribution in [3.63, 3.8) is 0 Å². The molecule has 0 radical (unpaired) electrons. The number of carbonyl (C=O) groups excluding carboxylic acids is 1. The van der Waals surface area contributed by atoms with E-state index in [1.165, 1.54) is 0 Å². The van der Waals surface area contributed by atoms with Crippen molar-refractivity contribution in [2.45, 2.75) is 74.9 Å². The third-order valence-corrected chi connectivity index (χ3v) is 8.31. The van der Waals surface area contributed by atoms with Gasteiger partial charge >= 0.3 is 11.9 Å². The number of anilines is 1. The zero-order valence-electron chi connectivity index (χ0n) is 23.8. The normalized spacial score (nSPS) is 18.2. The number of nitrogens with one attached hydrogen (secondary N) is 1. The monoisotopic (exact) mass is 607 g/mol. The Kier molecular flexibility index (Phi) is 12.2. The van der Waals surface area contributed by atoms with E-state index in [0.29, 0.717) is 37.1 Å². The average molecular weight is 608 g/mol. The molecular weight excluding hydrogens is 570 g/mol.